The van der Waals surface area contributed by atoms with Crippen molar-refractivity contribution < 1.29 is 4.79 Å². The quantitative estimate of drug-likeness (QED) is 0.782. The first-order chi connectivity index (χ1) is 7.71. The molecule has 2 atom stereocenters. The minimum Gasteiger partial charge on any atom is -0.355 e. The molecule has 2 saturated heterocycles. The third kappa shape index (κ3) is 2.92. The molecule has 4 heteroatoms. The van der Waals surface area contributed by atoms with Crippen molar-refractivity contribution in [2.24, 2.45) is 11.3 Å². The van der Waals surface area contributed by atoms with Crippen LogP contribution in [0.25, 0.3) is 0 Å². The fourth-order valence-electron chi connectivity index (χ4n) is 2.44. The van der Waals surface area contributed by atoms with Gasteiger partial charge in [-0.3, -0.25) is 4.79 Å². The minimum absolute atomic E-state index is 0.177. The summed E-state index contributed by atoms with van der Waals surface area (Å²) in [5, 5.41) is 6.46. The van der Waals surface area contributed by atoms with E-state index in [9.17, 15) is 4.79 Å². The first kappa shape index (κ1) is 12.2. The molecular formula is C12H22N2OS. The molecule has 0 aromatic carbocycles. The van der Waals surface area contributed by atoms with Gasteiger partial charge in [0.2, 0.25) is 5.91 Å². The molecule has 0 spiro atoms. The van der Waals surface area contributed by atoms with Crippen LogP contribution < -0.4 is 10.6 Å². The molecule has 0 aliphatic carbocycles. The molecule has 0 bridgehead atoms. The van der Waals surface area contributed by atoms with Crippen LogP contribution in [0.5, 0.6) is 0 Å². The Morgan fingerprint density at radius 3 is 3.12 bits per heavy atom. The standard InChI is InChI=1S/C12H22N2OS/c1-12(4-2-5-13-9-12)11(15)14-7-10-3-6-16-8-10/h10,13H,2-9H2,1H3,(H,14,15). The van der Waals surface area contributed by atoms with Gasteiger partial charge in [0.15, 0.2) is 0 Å². The Bertz CT molecular complexity index is 245. The van der Waals surface area contributed by atoms with Gasteiger partial charge in [0.05, 0.1) is 5.41 Å². The van der Waals surface area contributed by atoms with Gasteiger partial charge in [0.1, 0.15) is 0 Å². The summed E-state index contributed by atoms with van der Waals surface area (Å²) in [6, 6.07) is 0. The van der Waals surface area contributed by atoms with Crippen LogP contribution in [0, 0.1) is 11.3 Å². The van der Waals surface area contributed by atoms with E-state index in [0.29, 0.717) is 5.92 Å². The Morgan fingerprint density at radius 2 is 2.50 bits per heavy atom. The van der Waals surface area contributed by atoms with Crippen molar-refractivity contribution in [2.75, 3.05) is 31.1 Å². The molecule has 3 nitrogen and oxygen atoms in total. The molecule has 1 amide bonds. The van der Waals surface area contributed by atoms with E-state index in [2.05, 4.69) is 17.6 Å². The number of amides is 1. The largest absolute Gasteiger partial charge is 0.355 e. The summed E-state index contributed by atoms with van der Waals surface area (Å²) in [7, 11) is 0. The predicted octanol–water partition coefficient (Wildman–Crippen LogP) is 1.25. The second-order valence-electron chi connectivity index (χ2n) is 5.28. The van der Waals surface area contributed by atoms with Crippen molar-refractivity contribution in [2.45, 2.75) is 26.2 Å². The third-order valence-electron chi connectivity index (χ3n) is 3.72. The normalized spacial score (nSPS) is 34.9. The lowest BCUT2D eigenvalue weighted by molar-refractivity contribution is -0.131. The van der Waals surface area contributed by atoms with E-state index in [1.54, 1.807) is 0 Å². The second-order valence-corrected chi connectivity index (χ2v) is 6.43. The van der Waals surface area contributed by atoms with Gasteiger partial charge >= 0.3 is 0 Å². The van der Waals surface area contributed by atoms with E-state index in [1.165, 1.54) is 17.9 Å². The molecular weight excluding hydrogens is 220 g/mol. The summed E-state index contributed by atoms with van der Waals surface area (Å²) in [4.78, 5) is 12.1. The number of carbonyl (C=O) groups is 1. The van der Waals surface area contributed by atoms with Crippen LogP contribution in [-0.4, -0.2) is 37.0 Å². The molecule has 92 valence electrons. The lowest BCUT2D eigenvalue weighted by Crippen LogP contribution is -2.49. The highest BCUT2D eigenvalue weighted by Crippen LogP contribution is 2.26. The fraction of sp³-hybridized carbons (Fsp3) is 0.917. The molecule has 2 N–H and O–H groups in total. The van der Waals surface area contributed by atoms with E-state index in [4.69, 9.17) is 0 Å². The average Bonchev–Trinajstić information content (AvgIpc) is 2.79. The number of thioether (sulfide) groups is 1. The van der Waals surface area contributed by atoms with Gasteiger partial charge in [-0.25, -0.2) is 0 Å². The van der Waals surface area contributed by atoms with Gasteiger partial charge in [0.25, 0.3) is 0 Å². The van der Waals surface area contributed by atoms with E-state index in [-0.39, 0.29) is 11.3 Å². The highest BCUT2D eigenvalue weighted by atomic mass is 32.2. The zero-order valence-corrected chi connectivity index (χ0v) is 10.9. The zero-order chi connectivity index (χ0) is 11.4. The molecule has 2 rings (SSSR count). The second kappa shape index (κ2) is 5.41. The monoisotopic (exact) mass is 242 g/mol. The maximum atomic E-state index is 12.1. The SMILES string of the molecule is CC1(C(=O)NCC2CCSC2)CCCNC1. The molecule has 2 heterocycles. The molecule has 2 aliphatic rings. The lowest BCUT2D eigenvalue weighted by Gasteiger charge is -2.33. The van der Waals surface area contributed by atoms with Crippen LogP contribution in [0.15, 0.2) is 0 Å². The van der Waals surface area contributed by atoms with Gasteiger partial charge < -0.3 is 10.6 Å². The number of carbonyl (C=O) groups excluding carboxylic acids is 1. The van der Waals surface area contributed by atoms with Crippen molar-refractivity contribution in [3.8, 4) is 0 Å². The van der Waals surface area contributed by atoms with Crippen molar-refractivity contribution in [1.82, 2.24) is 10.6 Å². The van der Waals surface area contributed by atoms with Crippen molar-refractivity contribution in [1.29, 1.82) is 0 Å². The van der Waals surface area contributed by atoms with E-state index >= 15 is 0 Å². The Morgan fingerprint density at radius 1 is 1.62 bits per heavy atom. The van der Waals surface area contributed by atoms with Crippen LogP contribution in [0.4, 0.5) is 0 Å². The first-order valence-electron chi connectivity index (χ1n) is 6.27. The summed E-state index contributed by atoms with van der Waals surface area (Å²) in [5.41, 5.74) is -0.177. The van der Waals surface area contributed by atoms with Crippen molar-refractivity contribution in [3.63, 3.8) is 0 Å². The Hall–Kier alpha value is -0.220. The third-order valence-corrected chi connectivity index (χ3v) is 4.95. The highest BCUT2D eigenvalue weighted by molar-refractivity contribution is 7.99. The summed E-state index contributed by atoms with van der Waals surface area (Å²) in [5.74, 6) is 3.43. The molecule has 2 aliphatic heterocycles. The van der Waals surface area contributed by atoms with E-state index < -0.39 is 0 Å². The van der Waals surface area contributed by atoms with Crippen LogP contribution >= 0.6 is 11.8 Å². The number of rotatable bonds is 3. The summed E-state index contributed by atoms with van der Waals surface area (Å²) >= 11 is 2.00. The Kier molecular flexibility index (Phi) is 4.14. The zero-order valence-electron chi connectivity index (χ0n) is 10.1. The van der Waals surface area contributed by atoms with Gasteiger partial charge in [-0.2, -0.15) is 11.8 Å². The molecule has 0 radical (unpaired) electrons. The van der Waals surface area contributed by atoms with Crippen molar-refractivity contribution in [3.05, 3.63) is 0 Å². The van der Waals surface area contributed by atoms with Crippen LogP contribution in [0.2, 0.25) is 0 Å². The van der Waals surface area contributed by atoms with Crippen LogP contribution in [0.3, 0.4) is 0 Å². The Labute approximate surface area is 102 Å². The average molecular weight is 242 g/mol. The predicted molar refractivity (Wildman–Crippen MR) is 68.7 cm³/mol. The summed E-state index contributed by atoms with van der Waals surface area (Å²) in [6.07, 6.45) is 3.40. The number of hydrogen-bond acceptors (Lipinski definition) is 3. The number of hydrogen-bond donors (Lipinski definition) is 2. The van der Waals surface area contributed by atoms with Crippen molar-refractivity contribution >= 4 is 17.7 Å². The molecule has 2 unspecified atom stereocenters. The minimum atomic E-state index is -0.177. The first-order valence-corrected chi connectivity index (χ1v) is 7.43. The van der Waals surface area contributed by atoms with Gasteiger partial charge in [0, 0.05) is 13.1 Å². The smallest absolute Gasteiger partial charge is 0.227 e. The molecule has 0 saturated carbocycles. The van der Waals surface area contributed by atoms with Gasteiger partial charge in [-0.1, -0.05) is 0 Å². The molecule has 16 heavy (non-hydrogen) atoms. The van der Waals surface area contributed by atoms with Crippen LogP contribution in [-0.2, 0) is 4.79 Å². The van der Waals surface area contributed by atoms with Crippen LogP contribution in [0.1, 0.15) is 26.2 Å². The molecule has 0 aromatic rings. The summed E-state index contributed by atoms with van der Waals surface area (Å²) in [6.45, 7) is 4.85. The van der Waals surface area contributed by atoms with E-state index in [1.807, 2.05) is 11.8 Å². The number of piperidine rings is 1. The topological polar surface area (TPSA) is 41.1 Å². The maximum absolute atomic E-state index is 12.1. The lowest BCUT2D eigenvalue weighted by atomic mass is 9.82. The maximum Gasteiger partial charge on any atom is 0.227 e. The highest BCUT2D eigenvalue weighted by Gasteiger charge is 2.34. The Balaban J connectivity index is 1.77. The fourth-order valence-corrected chi connectivity index (χ4v) is 3.73. The van der Waals surface area contributed by atoms with Gasteiger partial charge in [-0.05, 0) is 50.2 Å². The molecule has 0 aromatic heterocycles. The van der Waals surface area contributed by atoms with E-state index in [0.717, 1.165) is 32.5 Å². The summed E-state index contributed by atoms with van der Waals surface area (Å²) < 4.78 is 0. The van der Waals surface area contributed by atoms with Gasteiger partial charge in [-0.15, -0.1) is 0 Å². The molecule has 2 fully saturated rings. The number of nitrogens with one attached hydrogen (secondary N) is 2.